The van der Waals surface area contributed by atoms with Crippen molar-refractivity contribution in [1.82, 2.24) is 15.1 Å². The third kappa shape index (κ3) is 4.45. The van der Waals surface area contributed by atoms with Crippen molar-refractivity contribution in [3.8, 4) is 0 Å². The van der Waals surface area contributed by atoms with Gasteiger partial charge in [-0.15, -0.1) is 0 Å². The number of rotatable bonds is 5. The zero-order chi connectivity index (χ0) is 19.4. The van der Waals surface area contributed by atoms with E-state index in [1.165, 1.54) is 0 Å². The van der Waals surface area contributed by atoms with E-state index in [4.69, 9.17) is 16.3 Å². The smallest absolute Gasteiger partial charge is 0.256 e. The van der Waals surface area contributed by atoms with Gasteiger partial charge in [0.2, 0.25) is 5.91 Å². The first-order chi connectivity index (χ1) is 12.9. The number of hydrogen-bond acceptors (Lipinski definition) is 4. The third-order valence-corrected chi connectivity index (χ3v) is 5.62. The molecule has 1 saturated heterocycles. The van der Waals surface area contributed by atoms with Gasteiger partial charge in [-0.2, -0.15) is 0 Å². The first-order valence-corrected chi connectivity index (χ1v) is 9.96. The standard InChI is InChI=1S/C20H28ClN3O3/c1-23(2)13-12-22-18(25)17-14-27-20(10-4-3-5-11-20)24(17)19(26)15-6-8-16(21)9-7-15/h6-9,17H,3-5,10-14H2,1-2H3,(H,22,25)/t17-/m1/s1. The Morgan fingerprint density at radius 2 is 1.89 bits per heavy atom. The lowest BCUT2D eigenvalue weighted by molar-refractivity contribution is -0.127. The van der Waals surface area contributed by atoms with Gasteiger partial charge in [0.15, 0.2) is 0 Å². The van der Waals surface area contributed by atoms with Crippen molar-refractivity contribution in [3.05, 3.63) is 34.9 Å². The molecule has 1 saturated carbocycles. The van der Waals surface area contributed by atoms with E-state index in [9.17, 15) is 9.59 Å². The van der Waals surface area contributed by atoms with Crippen molar-refractivity contribution < 1.29 is 14.3 Å². The lowest BCUT2D eigenvalue weighted by Gasteiger charge is -2.41. The molecule has 1 heterocycles. The number of amides is 2. The van der Waals surface area contributed by atoms with Crippen LogP contribution in [-0.4, -0.2) is 67.2 Å². The highest BCUT2D eigenvalue weighted by molar-refractivity contribution is 6.30. The second-order valence-electron chi connectivity index (χ2n) is 7.61. The number of carbonyl (C=O) groups is 2. The topological polar surface area (TPSA) is 61.9 Å². The van der Waals surface area contributed by atoms with Crippen molar-refractivity contribution >= 4 is 23.4 Å². The molecule has 1 aliphatic heterocycles. The lowest BCUT2D eigenvalue weighted by atomic mass is 9.89. The largest absolute Gasteiger partial charge is 0.353 e. The molecule has 1 aliphatic carbocycles. The van der Waals surface area contributed by atoms with Crippen LogP contribution < -0.4 is 5.32 Å². The summed E-state index contributed by atoms with van der Waals surface area (Å²) in [7, 11) is 3.91. The van der Waals surface area contributed by atoms with Crippen LogP contribution in [-0.2, 0) is 9.53 Å². The molecule has 2 aliphatic rings. The zero-order valence-electron chi connectivity index (χ0n) is 16.0. The Morgan fingerprint density at radius 3 is 2.52 bits per heavy atom. The second kappa shape index (κ2) is 8.59. The molecule has 0 aromatic heterocycles. The molecule has 1 aromatic rings. The molecular weight excluding hydrogens is 366 g/mol. The summed E-state index contributed by atoms with van der Waals surface area (Å²) in [5.74, 6) is -0.319. The molecule has 1 aromatic carbocycles. The van der Waals surface area contributed by atoms with Gasteiger partial charge in [0, 0.05) is 23.7 Å². The molecule has 0 radical (unpaired) electrons. The number of halogens is 1. The fraction of sp³-hybridized carbons (Fsp3) is 0.600. The van der Waals surface area contributed by atoms with Crippen LogP contribution in [0.3, 0.4) is 0 Å². The average Bonchev–Trinajstić information content (AvgIpc) is 3.00. The van der Waals surface area contributed by atoms with Crippen molar-refractivity contribution in [2.75, 3.05) is 33.8 Å². The SMILES string of the molecule is CN(C)CCNC(=O)[C@H]1COC2(CCCCC2)N1C(=O)c1ccc(Cl)cc1. The van der Waals surface area contributed by atoms with Crippen molar-refractivity contribution in [1.29, 1.82) is 0 Å². The Kier molecular flexibility index (Phi) is 6.40. The van der Waals surface area contributed by atoms with Crippen LogP contribution >= 0.6 is 11.6 Å². The maximum absolute atomic E-state index is 13.3. The minimum Gasteiger partial charge on any atom is -0.353 e. The number of likely N-dealkylation sites (N-methyl/N-ethyl adjacent to an activating group) is 1. The summed E-state index contributed by atoms with van der Waals surface area (Å²) in [6, 6.07) is 6.21. The number of nitrogens with one attached hydrogen (secondary N) is 1. The summed E-state index contributed by atoms with van der Waals surface area (Å²) in [5, 5.41) is 3.53. The maximum Gasteiger partial charge on any atom is 0.256 e. The maximum atomic E-state index is 13.3. The highest BCUT2D eigenvalue weighted by Crippen LogP contribution is 2.41. The van der Waals surface area contributed by atoms with Gasteiger partial charge in [0.1, 0.15) is 11.8 Å². The summed E-state index contributed by atoms with van der Waals surface area (Å²) >= 11 is 5.96. The van der Waals surface area contributed by atoms with Crippen LogP contribution in [0.5, 0.6) is 0 Å². The van der Waals surface area contributed by atoms with Gasteiger partial charge in [0.25, 0.3) is 5.91 Å². The Hall–Kier alpha value is -1.63. The number of nitrogens with zero attached hydrogens (tertiary/aromatic N) is 2. The zero-order valence-corrected chi connectivity index (χ0v) is 16.8. The van der Waals surface area contributed by atoms with Crippen LogP contribution in [0, 0.1) is 0 Å². The van der Waals surface area contributed by atoms with Crippen molar-refractivity contribution in [2.24, 2.45) is 0 Å². The molecule has 2 fully saturated rings. The van der Waals surface area contributed by atoms with Crippen LogP contribution in [0.15, 0.2) is 24.3 Å². The summed E-state index contributed by atoms with van der Waals surface area (Å²) in [6.07, 6.45) is 4.67. The minimum atomic E-state index is -0.668. The normalized spacial score (nSPS) is 21.6. The van der Waals surface area contributed by atoms with E-state index >= 15 is 0 Å². The summed E-state index contributed by atoms with van der Waals surface area (Å²) in [6.45, 7) is 1.53. The molecule has 0 unspecified atom stereocenters. The molecular formula is C20H28ClN3O3. The van der Waals surface area contributed by atoms with Crippen LogP contribution in [0.4, 0.5) is 0 Å². The molecule has 2 amide bonds. The molecule has 1 spiro atoms. The highest BCUT2D eigenvalue weighted by Gasteiger charge is 2.52. The number of ether oxygens (including phenoxy) is 1. The molecule has 1 atom stereocenters. The van der Waals surface area contributed by atoms with E-state index in [1.807, 2.05) is 19.0 Å². The first-order valence-electron chi connectivity index (χ1n) is 9.59. The molecule has 148 valence electrons. The number of hydrogen-bond donors (Lipinski definition) is 1. The van der Waals surface area contributed by atoms with Gasteiger partial charge in [-0.1, -0.05) is 18.0 Å². The van der Waals surface area contributed by atoms with Gasteiger partial charge in [-0.25, -0.2) is 0 Å². The molecule has 3 rings (SSSR count). The van der Waals surface area contributed by atoms with E-state index in [0.717, 1.165) is 38.6 Å². The van der Waals surface area contributed by atoms with Crippen LogP contribution in [0.2, 0.25) is 5.02 Å². The fourth-order valence-electron chi connectivity index (χ4n) is 3.92. The second-order valence-corrected chi connectivity index (χ2v) is 8.05. The van der Waals surface area contributed by atoms with Crippen molar-refractivity contribution in [3.63, 3.8) is 0 Å². The number of carbonyl (C=O) groups excluding carboxylic acids is 2. The monoisotopic (exact) mass is 393 g/mol. The van der Waals surface area contributed by atoms with E-state index in [-0.39, 0.29) is 18.4 Å². The Labute approximate surface area is 165 Å². The Morgan fingerprint density at radius 1 is 1.22 bits per heavy atom. The van der Waals surface area contributed by atoms with Crippen LogP contribution in [0.25, 0.3) is 0 Å². The van der Waals surface area contributed by atoms with E-state index in [1.54, 1.807) is 29.2 Å². The quantitative estimate of drug-likeness (QED) is 0.835. The summed E-state index contributed by atoms with van der Waals surface area (Å²) < 4.78 is 6.13. The van der Waals surface area contributed by atoms with Gasteiger partial charge in [-0.05, 0) is 64.0 Å². The van der Waals surface area contributed by atoms with E-state index in [2.05, 4.69) is 5.32 Å². The summed E-state index contributed by atoms with van der Waals surface area (Å²) in [5.41, 5.74) is -0.139. The minimum absolute atomic E-state index is 0.151. The fourth-order valence-corrected chi connectivity index (χ4v) is 4.05. The molecule has 0 bridgehead atoms. The predicted molar refractivity (Wildman–Crippen MR) is 105 cm³/mol. The van der Waals surface area contributed by atoms with Gasteiger partial charge in [-0.3, -0.25) is 14.5 Å². The number of benzene rings is 1. The van der Waals surface area contributed by atoms with Crippen molar-refractivity contribution in [2.45, 2.75) is 43.9 Å². The van der Waals surface area contributed by atoms with Gasteiger partial charge >= 0.3 is 0 Å². The lowest BCUT2D eigenvalue weighted by Crippen LogP contribution is -2.56. The summed E-state index contributed by atoms with van der Waals surface area (Å²) in [4.78, 5) is 29.9. The van der Waals surface area contributed by atoms with Crippen LogP contribution in [0.1, 0.15) is 42.5 Å². The molecule has 7 heteroatoms. The molecule has 6 nitrogen and oxygen atoms in total. The van der Waals surface area contributed by atoms with E-state index in [0.29, 0.717) is 17.1 Å². The van der Waals surface area contributed by atoms with Gasteiger partial charge in [0.05, 0.1) is 6.61 Å². The highest BCUT2D eigenvalue weighted by atomic mass is 35.5. The Balaban J connectivity index is 1.83. The average molecular weight is 394 g/mol. The predicted octanol–water partition coefficient (Wildman–Crippen LogP) is 2.52. The molecule has 1 N–H and O–H groups in total. The van der Waals surface area contributed by atoms with Gasteiger partial charge < -0.3 is 15.0 Å². The Bertz CT molecular complexity index is 672. The molecule has 27 heavy (non-hydrogen) atoms. The first kappa shape index (κ1) is 20.1. The van der Waals surface area contributed by atoms with E-state index < -0.39 is 11.8 Å². The third-order valence-electron chi connectivity index (χ3n) is 5.37.